The smallest absolute Gasteiger partial charge is 0.143 e. The van der Waals surface area contributed by atoms with Gasteiger partial charge < -0.3 is 5.32 Å². The second kappa shape index (κ2) is 5.20. The van der Waals surface area contributed by atoms with Gasteiger partial charge in [0.25, 0.3) is 0 Å². The lowest BCUT2D eigenvalue weighted by atomic mass is 10.1. The third-order valence-electron chi connectivity index (χ3n) is 1.97. The number of nitrogens with one attached hydrogen (secondary N) is 1. The van der Waals surface area contributed by atoms with Crippen molar-refractivity contribution >= 4 is 17.3 Å². The molecule has 0 amide bonds. The van der Waals surface area contributed by atoms with Gasteiger partial charge in [0.1, 0.15) is 5.82 Å². The van der Waals surface area contributed by atoms with E-state index in [2.05, 4.69) is 19.2 Å². The maximum Gasteiger partial charge on any atom is 0.143 e. The van der Waals surface area contributed by atoms with Crippen LogP contribution >= 0.6 is 11.6 Å². The minimum absolute atomic E-state index is 0.166. The molecule has 0 fully saturated rings. The molecule has 1 nitrogen and oxygen atoms in total. The van der Waals surface area contributed by atoms with E-state index in [9.17, 15) is 4.39 Å². The zero-order chi connectivity index (χ0) is 10.6. The average Bonchev–Trinajstić information content (AvgIpc) is 2.10. The van der Waals surface area contributed by atoms with E-state index in [0.717, 1.165) is 18.7 Å². The third kappa shape index (κ3) is 3.54. The summed E-state index contributed by atoms with van der Waals surface area (Å²) in [6.07, 6.45) is 1.07. The molecule has 0 bridgehead atoms. The van der Waals surface area contributed by atoms with Crippen molar-refractivity contribution in [2.75, 3.05) is 11.9 Å². The summed E-state index contributed by atoms with van der Waals surface area (Å²) in [5, 5.41) is 3.31. The average molecular weight is 216 g/mol. The minimum atomic E-state index is -0.374. The maximum atomic E-state index is 13.0. The molecule has 1 N–H and O–H groups in total. The first kappa shape index (κ1) is 11.3. The van der Waals surface area contributed by atoms with Crippen molar-refractivity contribution in [3.63, 3.8) is 0 Å². The van der Waals surface area contributed by atoms with Crippen LogP contribution in [0.15, 0.2) is 18.2 Å². The van der Waals surface area contributed by atoms with Crippen LogP contribution in [0.2, 0.25) is 5.02 Å². The van der Waals surface area contributed by atoms with Gasteiger partial charge in [0.2, 0.25) is 0 Å². The van der Waals surface area contributed by atoms with Gasteiger partial charge in [0.15, 0.2) is 0 Å². The van der Waals surface area contributed by atoms with E-state index in [1.165, 1.54) is 6.07 Å². The number of hydrogen-bond acceptors (Lipinski definition) is 1. The van der Waals surface area contributed by atoms with Crippen molar-refractivity contribution in [2.24, 2.45) is 5.92 Å². The van der Waals surface area contributed by atoms with Gasteiger partial charge in [-0.3, -0.25) is 0 Å². The van der Waals surface area contributed by atoms with E-state index < -0.39 is 0 Å². The van der Waals surface area contributed by atoms with Gasteiger partial charge in [-0.15, -0.1) is 0 Å². The fraction of sp³-hybridized carbons (Fsp3) is 0.455. The maximum absolute atomic E-state index is 13.0. The molecule has 0 aromatic heterocycles. The van der Waals surface area contributed by atoms with E-state index >= 15 is 0 Å². The van der Waals surface area contributed by atoms with E-state index in [0.29, 0.717) is 5.92 Å². The highest BCUT2D eigenvalue weighted by molar-refractivity contribution is 6.30. The molecule has 0 unspecified atom stereocenters. The molecule has 0 aliphatic heterocycles. The van der Waals surface area contributed by atoms with Crippen LogP contribution < -0.4 is 5.32 Å². The topological polar surface area (TPSA) is 12.0 Å². The number of benzene rings is 1. The molecule has 0 atom stereocenters. The standard InChI is InChI=1S/C11H15ClFN/c1-8(2)5-6-14-9-3-4-10(12)11(13)7-9/h3-4,7-8,14H,5-6H2,1-2H3. The summed E-state index contributed by atoms with van der Waals surface area (Å²) in [7, 11) is 0. The Bertz CT molecular complexity index is 299. The Kier molecular flexibility index (Phi) is 4.21. The SMILES string of the molecule is CC(C)CCNc1ccc(Cl)c(F)c1. The fourth-order valence-electron chi connectivity index (χ4n) is 1.11. The van der Waals surface area contributed by atoms with Crippen molar-refractivity contribution in [1.29, 1.82) is 0 Å². The summed E-state index contributed by atoms with van der Waals surface area (Å²) in [6, 6.07) is 4.77. The zero-order valence-corrected chi connectivity index (χ0v) is 9.24. The summed E-state index contributed by atoms with van der Waals surface area (Å²) in [4.78, 5) is 0. The molecule has 0 heterocycles. The molecule has 0 spiro atoms. The van der Waals surface area contributed by atoms with Crippen molar-refractivity contribution < 1.29 is 4.39 Å². The molecule has 1 aromatic carbocycles. The first-order chi connectivity index (χ1) is 6.59. The Balaban J connectivity index is 2.47. The van der Waals surface area contributed by atoms with E-state index in [-0.39, 0.29) is 10.8 Å². The Morgan fingerprint density at radius 3 is 2.71 bits per heavy atom. The van der Waals surface area contributed by atoms with Gasteiger partial charge in [-0.1, -0.05) is 25.4 Å². The van der Waals surface area contributed by atoms with Gasteiger partial charge in [-0.2, -0.15) is 0 Å². The van der Waals surface area contributed by atoms with E-state index in [1.54, 1.807) is 12.1 Å². The molecule has 0 radical (unpaired) electrons. The Hall–Kier alpha value is -0.760. The van der Waals surface area contributed by atoms with Crippen LogP contribution in [0.5, 0.6) is 0 Å². The molecular formula is C11H15ClFN. The number of anilines is 1. The van der Waals surface area contributed by atoms with Crippen LogP contribution in [0.1, 0.15) is 20.3 Å². The molecule has 0 aliphatic rings. The largest absolute Gasteiger partial charge is 0.385 e. The highest BCUT2D eigenvalue weighted by Crippen LogP contribution is 2.18. The first-order valence-corrected chi connectivity index (χ1v) is 5.16. The lowest BCUT2D eigenvalue weighted by Gasteiger charge is -2.08. The Morgan fingerprint density at radius 1 is 1.43 bits per heavy atom. The third-order valence-corrected chi connectivity index (χ3v) is 2.28. The monoisotopic (exact) mass is 215 g/mol. The molecule has 0 saturated carbocycles. The lowest BCUT2D eigenvalue weighted by Crippen LogP contribution is -2.04. The highest BCUT2D eigenvalue weighted by atomic mass is 35.5. The van der Waals surface area contributed by atoms with E-state index in [1.807, 2.05) is 0 Å². The quantitative estimate of drug-likeness (QED) is 0.803. The molecule has 78 valence electrons. The molecule has 3 heteroatoms. The number of halogens is 2. The Labute approximate surface area is 89.3 Å². The van der Waals surface area contributed by atoms with Crippen LogP contribution in [0.3, 0.4) is 0 Å². The minimum Gasteiger partial charge on any atom is -0.385 e. The van der Waals surface area contributed by atoms with Crippen LogP contribution in [0.4, 0.5) is 10.1 Å². The summed E-state index contributed by atoms with van der Waals surface area (Å²) >= 11 is 5.56. The summed E-state index contributed by atoms with van der Waals surface area (Å²) < 4.78 is 13.0. The van der Waals surface area contributed by atoms with Crippen LogP contribution in [-0.2, 0) is 0 Å². The van der Waals surface area contributed by atoms with Crippen LogP contribution in [-0.4, -0.2) is 6.54 Å². The van der Waals surface area contributed by atoms with Crippen molar-refractivity contribution in [3.05, 3.63) is 29.0 Å². The first-order valence-electron chi connectivity index (χ1n) is 4.78. The van der Waals surface area contributed by atoms with Gasteiger partial charge in [0.05, 0.1) is 5.02 Å². The predicted octanol–water partition coefficient (Wildman–Crippen LogP) is 3.94. The highest BCUT2D eigenvalue weighted by Gasteiger charge is 2.00. The summed E-state index contributed by atoms with van der Waals surface area (Å²) in [5.74, 6) is 0.279. The number of hydrogen-bond donors (Lipinski definition) is 1. The molecular weight excluding hydrogens is 201 g/mol. The van der Waals surface area contributed by atoms with Crippen molar-refractivity contribution in [3.8, 4) is 0 Å². The van der Waals surface area contributed by atoms with Gasteiger partial charge in [0, 0.05) is 12.2 Å². The van der Waals surface area contributed by atoms with Crippen LogP contribution in [0.25, 0.3) is 0 Å². The zero-order valence-electron chi connectivity index (χ0n) is 8.48. The summed E-state index contributed by atoms with van der Waals surface area (Å²) in [6.45, 7) is 5.17. The molecule has 0 saturated heterocycles. The fourth-order valence-corrected chi connectivity index (χ4v) is 1.23. The Morgan fingerprint density at radius 2 is 2.14 bits per heavy atom. The molecule has 1 rings (SSSR count). The second-order valence-corrected chi connectivity index (χ2v) is 4.15. The van der Waals surface area contributed by atoms with E-state index in [4.69, 9.17) is 11.6 Å². The predicted molar refractivity (Wildman–Crippen MR) is 59.4 cm³/mol. The molecule has 0 aliphatic carbocycles. The van der Waals surface area contributed by atoms with Gasteiger partial charge in [-0.05, 0) is 30.5 Å². The van der Waals surface area contributed by atoms with Crippen molar-refractivity contribution in [1.82, 2.24) is 0 Å². The lowest BCUT2D eigenvalue weighted by molar-refractivity contribution is 0.606. The number of rotatable bonds is 4. The van der Waals surface area contributed by atoms with Gasteiger partial charge >= 0.3 is 0 Å². The second-order valence-electron chi connectivity index (χ2n) is 3.74. The normalized spacial score (nSPS) is 10.6. The molecule has 1 aromatic rings. The van der Waals surface area contributed by atoms with Crippen molar-refractivity contribution in [2.45, 2.75) is 20.3 Å². The van der Waals surface area contributed by atoms with Crippen LogP contribution in [0, 0.1) is 11.7 Å². The summed E-state index contributed by atoms with van der Waals surface area (Å²) in [5.41, 5.74) is 0.785. The van der Waals surface area contributed by atoms with Gasteiger partial charge in [-0.25, -0.2) is 4.39 Å². The molecule has 14 heavy (non-hydrogen) atoms.